The number of aliphatic carboxylic acids is 1. The van der Waals surface area contributed by atoms with E-state index in [1.54, 1.807) is 0 Å². The Morgan fingerprint density at radius 1 is 1.28 bits per heavy atom. The highest BCUT2D eigenvalue weighted by atomic mass is 16.4. The van der Waals surface area contributed by atoms with Gasteiger partial charge in [0.25, 0.3) is 0 Å². The number of carboxylic acids is 1. The van der Waals surface area contributed by atoms with Gasteiger partial charge in [-0.05, 0) is 25.7 Å². The smallest absolute Gasteiger partial charge is 0.328 e. The van der Waals surface area contributed by atoms with Crippen LogP contribution in [0.2, 0.25) is 0 Å². The van der Waals surface area contributed by atoms with Crippen molar-refractivity contribution in [3.63, 3.8) is 0 Å². The summed E-state index contributed by atoms with van der Waals surface area (Å²) in [4.78, 5) is 22.5. The van der Waals surface area contributed by atoms with Crippen molar-refractivity contribution < 1.29 is 19.8 Å². The minimum atomic E-state index is -1.27. The molecule has 4 N–H and O–H groups in total. The van der Waals surface area contributed by atoms with Crippen LogP contribution in [0.1, 0.15) is 39.5 Å². The Balaban J connectivity index is 2.47. The van der Waals surface area contributed by atoms with E-state index in [-0.39, 0.29) is 6.04 Å². The molecule has 0 bridgehead atoms. The van der Waals surface area contributed by atoms with Gasteiger partial charge in [-0.25, -0.2) is 9.59 Å². The molecule has 0 heterocycles. The number of urea groups is 1. The van der Waals surface area contributed by atoms with E-state index in [0.29, 0.717) is 5.92 Å². The molecule has 0 aliphatic heterocycles. The number of carbonyl (C=O) groups is 2. The second-order valence-corrected chi connectivity index (χ2v) is 5.04. The number of aliphatic hydroxyl groups excluding tert-OH is 1. The van der Waals surface area contributed by atoms with Crippen molar-refractivity contribution in [1.82, 2.24) is 10.6 Å². The zero-order valence-electron chi connectivity index (χ0n) is 10.8. The van der Waals surface area contributed by atoms with Gasteiger partial charge in [0, 0.05) is 6.04 Å². The maximum absolute atomic E-state index is 11.7. The number of hydrogen-bond donors (Lipinski definition) is 4. The molecule has 18 heavy (non-hydrogen) atoms. The number of hydrogen-bond acceptors (Lipinski definition) is 3. The fourth-order valence-corrected chi connectivity index (χ4v) is 2.27. The standard InChI is InChI=1S/C12H22N2O4/c1-7-5-3-4-6-9(7)13-12(18)14-10(8(2)15)11(16)17/h7-10,15H,3-6H2,1-2H3,(H,16,17)(H2,13,14,18)/t7?,8-,9?,10+/m1/s1. The monoisotopic (exact) mass is 258 g/mol. The summed E-state index contributed by atoms with van der Waals surface area (Å²) >= 11 is 0. The first-order chi connectivity index (χ1) is 8.41. The first-order valence-electron chi connectivity index (χ1n) is 6.39. The first-order valence-corrected chi connectivity index (χ1v) is 6.39. The Bertz CT molecular complexity index is 306. The van der Waals surface area contributed by atoms with E-state index < -0.39 is 24.1 Å². The third-order valence-corrected chi connectivity index (χ3v) is 3.46. The lowest BCUT2D eigenvalue weighted by atomic mass is 9.86. The highest BCUT2D eigenvalue weighted by molar-refractivity contribution is 5.83. The van der Waals surface area contributed by atoms with E-state index in [9.17, 15) is 14.7 Å². The van der Waals surface area contributed by atoms with Gasteiger partial charge < -0.3 is 20.8 Å². The van der Waals surface area contributed by atoms with Gasteiger partial charge in [0.1, 0.15) is 0 Å². The first kappa shape index (κ1) is 14.8. The van der Waals surface area contributed by atoms with E-state index in [4.69, 9.17) is 5.11 Å². The highest BCUT2D eigenvalue weighted by Crippen LogP contribution is 2.23. The summed E-state index contributed by atoms with van der Waals surface area (Å²) in [5.74, 6) is -0.837. The molecule has 0 aromatic rings. The number of carboxylic acid groups (broad SMARTS) is 1. The van der Waals surface area contributed by atoms with Crippen molar-refractivity contribution in [3.8, 4) is 0 Å². The quantitative estimate of drug-likeness (QED) is 0.596. The van der Waals surface area contributed by atoms with Gasteiger partial charge in [0.15, 0.2) is 6.04 Å². The third-order valence-electron chi connectivity index (χ3n) is 3.46. The Morgan fingerprint density at radius 3 is 2.39 bits per heavy atom. The van der Waals surface area contributed by atoms with Gasteiger partial charge >= 0.3 is 12.0 Å². The molecule has 1 fully saturated rings. The average Bonchev–Trinajstić information content (AvgIpc) is 2.28. The maximum atomic E-state index is 11.7. The number of amides is 2. The molecule has 1 saturated carbocycles. The normalized spacial score (nSPS) is 27.1. The zero-order valence-corrected chi connectivity index (χ0v) is 10.8. The number of rotatable bonds is 4. The summed E-state index contributed by atoms with van der Waals surface area (Å²) in [6, 6.07) is -1.71. The van der Waals surface area contributed by atoms with Crippen LogP contribution in [0.4, 0.5) is 4.79 Å². The second kappa shape index (κ2) is 6.58. The summed E-state index contributed by atoms with van der Waals surface area (Å²) in [6.07, 6.45) is 3.11. The molecule has 1 aliphatic rings. The van der Waals surface area contributed by atoms with Crippen molar-refractivity contribution in [1.29, 1.82) is 0 Å². The lowest BCUT2D eigenvalue weighted by Crippen LogP contribution is -2.54. The second-order valence-electron chi connectivity index (χ2n) is 5.04. The van der Waals surface area contributed by atoms with Gasteiger partial charge in [-0.3, -0.25) is 0 Å². The molecule has 0 saturated heterocycles. The minimum absolute atomic E-state index is 0.0854. The average molecular weight is 258 g/mol. The summed E-state index contributed by atoms with van der Waals surface area (Å²) in [7, 11) is 0. The van der Waals surface area contributed by atoms with Crippen LogP contribution >= 0.6 is 0 Å². The van der Waals surface area contributed by atoms with E-state index in [2.05, 4.69) is 17.6 Å². The van der Waals surface area contributed by atoms with Gasteiger partial charge in [0.05, 0.1) is 6.10 Å². The van der Waals surface area contributed by atoms with E-state index in [0.717, 1.165) is 19.3 Å². The fourth-order valence-electron chi connectivity index (χ4n) is 2.27. The van der Waals surface area contributed by atoms with Crippen LogP contribution in [0.25, 0.3) is 0 Å². The van der Waals surface area contributed by atoms with Crippen LogP contribution in [0.3, 0.4) is 0 Å². The lowest BCUT2D eigenvalue weighted by molar-refractivity contribution is -0.141. The lowest BCUT2D eigenvalue weighted by Gasteiger charge is -2.30. The van der Waals surface area contributed by atoms with Crippen molar-refractivity contribution in [2.75, 3.05) is 0 Å². The molecular formula is C12H22N2O4. The molecule has 2 amide bonds. The van der Waals surface area contributed by atoms with Gasteiger partial charge in [0.2, 0.25) is 0 Å². The van der Waals surface area contributed by atoms with Crippen LogP contribution in [0, 0.1) is 5.92 Å². The van der Waals surface area contributed by atoms with E-state index >= 15 is 0 Å². The van der Waals surface area contributed by atoms with Crippen molar-refractivity contribution in [2.45, 2.75) is 57.7 Å². The van der Waals surface area contributed by atoms with Gasteiger partial charge in [-0.1, -0.05) is 19.8 Å². The molecule has 6 heteroatoms. The molecule has 6 nitrogen and oxygen atoms in total. The predicted molar refractivity (Wildman–Crippen MR) is 66.2 cm³/mol. The number of nitrogens with one attached hydrogen (secondary N) is 2. The van der Waals surface area contributed by atoms with Crippen LogP contribution in [-0.2, 0) is 4.79 Å². The molecule has 0 aromatic carbocycles. The van der Waals surface area contributed by atoms with Crippen LogP contribution in [-0.4, -0.2) is 40.4 Å². The SMILES string of the molecule is CC1CCCCC1NC(=O)N[C@H](C(=O)O)[C@@H](C)O. The number of carbonyl (C=O) groups excluding carboxylic acids is 1. The molecule has 0 radical (unpaired) electrons. The Kier molecular flexibility index (Phi) is 5.40. The zero-order chi connectivity index (χ0) is 13.7. The van der Waals surface area contributed by atoms with Crippen molar-refractivity contribution in [3.05, 3.63) is 0 Å². The van der Waals surface area contributed by atoms with Gasteiger partial charge in [-0.15, -0.1) is 0 Å². The van der Waals surface area contributed by atoms with Crippen molar-refractivity contribution in [2.24, 2.45) is 5.92 Å². The Labute approximate surface area is 107 Å². The summed E-state index contributed by atoms with van der Waals surface area (Å²) in [6.45, 7) is 3.41. The van der Waals surface area contributed by atoms with E-state index in [1.165, 1.54) is 13.3 Å². The minimum Gasteiger partial charge on any atom is -0.480 e. The molecule has 2 unspecified atom stereocenters. The number of aliphatic hydroxyl groups is 1. The molecule has 1 rings (SSSR count). The molecule has 4 atom stereocenters. The molecule has 0 spiro atoms. The van der Waals surface area contributed by atoms with Crippen LogP contribution in [0.15, 0.2) is 0 Å². The third kappa shape index (κ3) is 4.18. The molecule has 0 aromatic heterocycles. The fraction of sp³-hybridized carbons (Fsp3) is 0.833. The Hall–Kier alpha value is -1.30. The Morgan fingerprint density at radius 2 is 1.89 bits per heavy atom. The summed E-state index contributed by atoms with van der Waals surface area (Å²) < 4.78 is 0. The topological polar surface area (TPSA) is 98.7 Å². The van der Waals surface area contributed by atoms with E-state index in [1.807, 2.05) is 0 Å². The largest absolute Gasteiger partial charge is 0.480 e. The molecular weight excluding hydrogens is 236 g/mol. The van der Waals surface area contributed by atoms with Crippen LogP contribution in [0.5, 0.6) is 0 Å². The molecule has 1 aliphatic carbocycles. The van der Waals surface area contributed by atoms with Crippen LogP contribution < -0.4 is 10.6 Å². The van der Waals surface area contributed by atoms with Crippen molar-refractivity contribution >= 4 is 12.0 Å². The molecule has 104 valence electrons. The summed E-state index contributed by atoms with van der Waals surface area (Å²) in [5.41, 5.74) is 0. The predicted octanol–water partition coefficient (Wildman–Crippen LogP) is 0.698. The summed E-state index contributed by atoms with van der Waals surface area (Å²) in [5, 5.41) is 23.2. The van der Waals surface area contributed by atoms with Gasteiger partial charge in [-0.2, -0.15) is 0 Å². The maximum Gasteiger partial charge on any atom is 0.328 e. The highest BCUT2D eigenvalue weighted by Gasteiger charge is 2.27.